The highest BCUT2D eigenvalue weighted by molar-refractivity contribution is 5.92. The molecule has 0 atom stereocenters. The second kappa shape index (κ2) is 7.48. The number of ether oxygens (including phenoxy) is 1. The van der Waals surface area contributed by atoms with Gasteiger partial charge in [0.15, 0.2) is 11.6 Å². The van der Waals surface area contributed by atoms with E-state index in [1.54, 1.807) is 7.11 Å². The minimum atomic E-state index is -0.410. The van der Waals surface area contributed by atoms with Crippen molar-refractivity contribution in [3.63, 3.8) is 0 Å². The van der Waals surface area contributed by atoms with E-state index in [4.69, 9.17) is 4.74 Å². The molecule has 0 radical (unpaired) electrons. The summed E-state index contributed by atoms with van der Waals surface area (Å²) >= 11 is 0. The topological polar surface area (TPSA) is 63.5 Å². The fourth-order valence-corrected chi connectivity index (χ4v) is 4.32. The van der Waals surface area contributed by atoms with E-state index in [0.717, 1.165) is 48.9 Å². The second-order valence-corrected chi connectivity index (χ2v) is 7.90. The normalized spacial score (nSPS) is 17.6. The van der Waals surface area contributed by atoms with Gasteiger partial charge in [-0.05, 0) is 43.2 Å². The Morgan fingerprint density at radius 3 is 2.20 bits per heavy atom. The molecule has 1 aliphatic carbocycles. The standard InChI is InChI=1S/C23H25N5O2/c1-30-19-7-3-2-6-18(19)23(10-11-23)22(29)28-16-14-27(15-17-28)21-9-8-20(24-25-21)26-12-4-5-13-26/h2-9,12-13H,10-11,14-17H2,1H3. The van der Waals surface area contributed by atoms with E-state index in [1.807, 2.05) is 70.4 Å². The molecular formula is C23H25N5O2. The van der Waals surface area contributed by atoms with Crippen molar-refractivity contribution in [1.29, 1.82) is 0 Å². The first kappa shape index (κ1) is 18.7. The molecule has 7 heteroatoms. The monoisotopic (exact) mass is 403 g/mol. The molecular weight excluding hydrogens is 378 g/mol. The summed E-state index contributed by atoms with van der Waals surface area (Å²) in [5.41, 5.74) is 0.610. The summed E-state index contributed by atoms with van der Waals surface area (Å²) in [5, 5.41) is 8.73. The number of hydrogen-bond acceptors (Lipinski definition) is 5. The number of benzene rings is 1. The molecule has 2 fully saturated rings. The quantitative estimate of drug-likeness (QED) is 0.655. The summed E-state index contributed by atoms with van der Waals surface area (Å²) in [6.45, 7) is 2.89. The number of piperazine rings is 1. The van der Waals surface area contributed by atoms with Crippen LogP contribution in [-0.2, 0) is 10.2 Å². The van der Waals surface area contributed by atoms with Gasteiger partial charge in [0.2, 0.25) is 5.91 Å². The summed E-state index contributed by atoms with van der Waals surface area (Å²) in [6.07, 6.45) is 5.67. The summed E-state index contributed by atoms with van der Waals surface area (Å²) in [5.74, 6) is 2.68. The van der Waals surface area contributed by atoms with Crippen LogP contribution >= 0.6 is 0 Å². The molecule has 0 unspecified atom stereocenters. The Morgan fingerprint density at radius 2 is 1.57 bits per heavy atom. The van der Waals surface area contributed by atoms with Gasteiger partial charge in [0.1, 0.15) is 5.75 Å². The predicted molar refractivity (Wildman–Crippen MR) is 114 cm³/mol. The van der Waals surface area contributed by atoms with Gasteiger partial charge in [-0.25, -0.2) is 0 Å². The van der Waals surface area contributed by atoms with E-state index in [9.17, 15) is 4.79 Å². The van der Waals surface area contributed by atoms with Crippen molar-refractivity contribution < 1.29 is 9.53 Å². The third kappa shape index (κ3) is 3.20. The summed E-state index contributed by atoms with van der Waals surface area (Å²) in [4.78, 5) is 17.6. The van der Waals surface area contributed by atoms with Crippen LogP contribution in [0.15, 0.2) is 60.9 Å². The molecule has 154 valence electrons. The van der Waals surface area contributed by atoms with E-state index in [0.29, 0.717) is 13.1 Å². The maximum absolute atomic E-state index is 13.4. The molecule has 30 heavy (non-hydrogen) atoms. The molecule has 7 nitrogen and oxygen atoms in total. The molecule has 1 amide bonds. The summed E-state index contributed by atoms with van der Waals surface area (Å²) in [7, 11) is 1.67. The third-order valence-corrected chi connectivity index (χ3v) is 6.18. The lowest BCUT2D eigenvalue weighted by Crippen LogP contribution is -2.51. The average Bonchev–Trinajstić information content (AvgIpc) is 3.44. The number of nitrogens with zero attached hydrogens (tertiary/aromatic N) is 5. The maximum Gasteiger partial charge on any atom is 0.233 e. The molecule has 2 aromatic heterocycles. The Morgan fingerprint density at radius 1 is 0.900 bits per heavy atom. The fraction of sp³-hybridized carbons (Fsp3) is 0.348. The van der Waals surface area contributed by atoms with E-state index in [1.165, 1.54) is 0 Å². The van der Waals surface area contributed by atoms with E-state index < -0.39 is 5.41 Å². The van der Waals surface area contributed by atoms with Crippen LogP contribution in [0.1, 0.15) is 18.4 Å². The number of aromatic nitrogens is 3. The lowest BCUT2D eigenvalue weighted by molar-refractivity contribution is -0.134. The number of amides is 1. The predicted octanol–water partition coefficient (Wildman–Crippen LogP) is 2.66. The van der Waals surface area contributed by atoms with Crippen LogP contribution < -0.4 is 9.64 Å². The number of hydrogen-bond donors (Lipinski definition) is 0. The molecule has 5 rings (SSSR count). The van der Waals surface area contributed by atoms with Crippen LogP contribution in [0.5, 0.6) is 5.75 Å². The summed E-state index contributed by atoms with van der Waals surface area (Å²) < 4.78 is 7.46. The number of methoxy groups -OCH3 is 1. The smallest absolute Gasteiger partial charge is 0.233 e. The van der Waals surface area contributed by atoms with Crippen molar-refractivity contribution in [2.24, 2.45) is 0 Å². The number of anilines is 1. The molecule has 1 saturated carbocycles. The van der Waals surface area contributed by atoms with Crippen LogP contribution in [0.2, 0.25) is 0 Å². The number of carbonyl (C=O) groups is 1. The summed E-state index contributed by atoms with van der Waals surface area (Å²) in [6, 6.07) is 15.8. The lowest BCUT2D eigenvalue weighted by Gasteiger charge is -2.37. The molecule has 1 saturated heterocycles. The largest absolute Gasteiger partial charge is 0.496 e. The third-order valence-electron chi connectivity index (χ3n) is 6.18. The molecule has 2 aliphatic rings. The first-order valence-corrected chi connectivity index (χ1v) is 10.4. The zero-order chi connectivity index (χ0) is 20.6. The molecule has 1 aliphatic heterocycles. The Hall–Kier alpha value is -3.35. The highest BCUT2D eigenvalue weighted by atomic mass is 16.5. The van der Waals surface area contributed by atoms with Gasteiger partial charge < -0.3 is 19.1 Å². The van der Waals surface area contributed by atoms with Gasteiger partial charge >= 0.3 is 0 Å². The number of carbonyl (C=O) groups excluding carboxylic acids is 1. The zero-order valence-electron chi connectivity index (χ0n) is 17.1. The fourth-order valence-electron chi connectivity index (χ4n) is 4.32. The van der Waals surface area contributed by atoms with Crippen LogP contribution in [0.3, 0.4) is 0 Å². The van der Waals surface area contributed by atoms with E-state index in [-0.39, 0.29) is 5.91 Å². The van der Waals surface area contributed by atoms with Crippen LogP contribution in [0.25, 0.3) is 5.82 Å². The SMILES string of the molecule is COc1ccccc1C1(C(=O)N2CCN(c3ccc(-n4cccc4)nn3)CC2)CC1. The molecule has 1 aromatic carbocycles. The van der Waals surface area contributed by atoms with Gasteiger partial charge in [-0.3, -0.25) is 4.79 Å². The Kier molecular flexibility index (Phi) is 4.65. The van der Waals surface area contributed by atoms with Crippen molar-refractivity contribution in [3.05, 3.63) is 66.5 Å². The first-order valence-electron chi connectivity index (χ1n) is 10.4. The van der Waals surface area contributed by atoms with Gasteiger partial charge in [0, 0.05) is 44.1 Å². The van der Waals surface area contributed by atoms with Gasteiger partial charge in [-0.2, -0.15) is 0 Å². The van der Waals surface area contributed by atoms with Gasteiger partial charge in [0.25, 0.3) is 0 Å². The van der Waals surface area contributed by atoms with Crippen molar-refractivity contribution in [2.45, 2.75) is 18.3 Å². The zero-order valence-corrected chi connectivity index (χ0v) is 17.1. The van der Waals surface area contributed by atoms with Crippen LogP contribution in [0.4, 0.5) is 5.82 Å². The second-order valence-electron chi connectivity index (χ2n) is 7.90. The van der Waals surface area contributed by atoms with Crippen LogP contribution in [0, 0.1) is 0 Å². The lowest BCUT2D eigenvalue weighted by atomic mass is 9.93. The van der Waals surface area contributed by atoms with Gasteiger partial charge in [-0.1, -0.05) is 18.2 Å². The molecule has 3 aromatic rings. The molecule has 0 spiro atoms. The van der Waals surface area contributed by atoms with Gasteiger partial charge in [0.05, 0.1) is 12.5 Å². The van der Waals surface area contributed by atoms with Crippen molar-refractivity contribution in [1.82, 2.24) is 19.7 Å². The van der Waals surface area contributed by atoms with E-state index >= 15 is 0 Å². The average molecular weight is 403 g/mol. The van der Waals surface area contributed by atoms with Crippen molar-refractivity contribution in [2.75, 3.05) is 38.2 Å². The highest BCUT2D eigenvalue weighted by Crippen LogP contribution is 2.52. The van der Waals surface area contributed by atoms with Crippen molar-refractivity contribution >= 4 is 11.7 Å². The molecule has 0 N–H and O–H groups in total. The van der Waals surface area contributed by atoms with E-state index in [2.05, 4.69) is 15.1 Å². The minimum Gasteiger partial charge on any atom is -0.496 e. The van der Waals surface area contributed by atoms with Crippen molar-refractivity contribution in [3.8, 4) is 11.6 Å². The molecule has 3 heterocycles. The maximum atomic E-state index is 13.4. The minimum absolute atomic E-state index is 0.223. The Bertz CT molecular complexity index is 1020. The number of para-hydroxylation sites is 1. The first-order chi connectivity index (χ1) is 14.7. The molecule has 0 bridgehead atoms. The van der Waals surface area contributed by atoms with Gasteiger partial charge in [-0.15, -0.1) is 10.2 Å². The Balaban J connectivity index is 1.25. The van der Waals surface area contributed by atoms with Crippen LogP contribution in [-0.4, -0.2) is 58.9 Å². The highest BCUT2D eigenvalue weighted by Gasteiger charge is 2.54. The number of rotatable bonds is 5. The Labute approximate surface area is 175 Å².